The van der Waals surface area contributed by atoms with Gasteiger partial charge in [-0.05, 0) is 39.3 Å². The summed E-state index contributed by atoms with van der Waals surface area (Å²) in [6, 6.07) is 7.00. The van der Waals surface area contributed by atoms with Crippen molar-refractivity contribution in [1.82, 2.24) is 5.32 Å². The lowest BCUT2D eigenvalue weighted by Gasteiger charge is -2.17. The SMILES string of the molecule is Cc1cc(C)cc(C(C)NCCC(C)S(C)=O)c1. The molecular weight excluding hydrogens is 242 g/mol. The summed E-state index contributed by atoms with van der Waals surface area (Å²) in [5.41, 5.74) is 3.95. The normalized spacial score (nSPS) is 16.3. The predicted molar refractivity (Wildman–Crippen MR) is 80.5 cm³/mol. The smallest absolute Gasteiger partial charge is 0.0329 e. The van der Waals surface area contributed by atoms with Crippen molar-refractivity contribution in [3.8, 4) is 0 Å². The first-order valence-electron chi connectivity index (χ1n) is 6.54. The van der Waals surface area contributed by atoms with Crippen LogP contribution in [0.3, 0.4) is 0 Å². The van der Waals surface area contributed by atoms with E-state index in [1.54, 1.807) is 6.26 Å². The number of nitrogens with one attached hydrogen (secondary N) is 1. The number of hydrogen-bond acceptors (Lipinski definition) is 2. The summed E-state index contributed by atoms with van der Waals surface area (Å²) in [6.07, 6.45) is 2.73. The highest BCUT2D eigenvalue weighted by molar-refractivity contribution is 7.84. The molecule has 0 bridgehead atoms. The highest BCUT2D eigenvalue weighted by Gasteiger charge is 2.09. The molecule has 0 radical (unpaired) electrons. The monoisotopic (exact) mass is 267 g/mol. The van der Waals surface area contributed by atoms with Crippen molar-refractivity contribution in [3.63, 3.8) is 0 Å². The molecule has 1 N–H and O–H groups in total. The standard InChI is InChI=1S/C15H25NOS/c1-11-8-12(2)10-15(9-11)14(4)16-7-6-13(3)18(5)17/h8-10,13-14,16H,6-7H2,1-5H3. The van der Waals surface area contributed by atoms with Crippen molar-refractivity contribution < 1.29 is 4.21 Å². The van der Waals surface area contributed by atoms with Gasteiger partial charge in [0.05, 0.1) is 0 Å². The third kappa shape index (κ3) is 4.91. The minimum atomic E-state index is -0.717. The Hall–Kier alpha value is -0.670. The van der Waals surface area contributed by atoms with Crippen LogP contribution in [0.25, 0.3) is 0 Å². The van der Waals surface area contributed by atoms with E-state index in [-0.39, 0.29) is 5.25 Å². The Morgan fingerprint density at radius 2 is 1.72 bits per heavy atom. The highest BCUT2D eigenvalue weighted by Crippen LogP contribution is 2.16. The summed E-state index contributed by atoms with van der Waals surface area (Å²) in [7, 11) is -0.717. The molecule has 0 aliphatic heterocycles. The molecular formula is C15H25NOS. The van der Waals surface area contributed by atoms with Crippen LogP contribution in [0, 0.1) is 13.8 Å². The molecule has 2 nitrogen and oxygen atoms in total. The fourth-order valence-electron chi connectivity index (χ4n) is 2.05. The molecule has 1 rings (SSSR count). The molecule has 102 valence electrons. The maximum atomic E-state index is 11.3. The van der Waals surface area contributed by atoms with Gasteiger partial charge in [-0.3, -0.25) is 4.21 Å². The van der Waals surface area contributed by atoms with Gasteiger partial charge in [0.2, 0.25) is 0 Å². The Balaban J connectivity index is 2.50. The van der Waals surface area contributed by atoms with E-state index in [2.05, 4.69) is 44.3 Å². The summed E-state index contributed by atoms with van der Waals surface area (Å²) >= 11 is 0. The Bertz CT molecular complexity index is 397. The molecule has 1 aromatic carbocycles. The quantitative estimate of drug-likeness (QED) is 0.858. The lowest BCUT2D eigenvalue weighted by Crippen LogP contribution is -2.24. The third-order valence-electron chi connectivity index (χ3n) is 3.31. The molecule has 0 spiro atoms. The second-order valence-corrected chi connectivity index (χ2v) is 7.00. The van der Waals surface area contributed by atoms with Crippen LogP contribution in [-0.2, 0) is 10.8 Å². The fourth-order valence-corrected chi connectivity index (χ4v) is 2.50. The Morgan fingerprint density at radius 3 is 2.22 bits per heavy atom. The molecule has 0 amide bonds. The molecule has 1 aromatic rings. The highest BCUT2D eigenvalue weighted by atomic mass is 32.2. The summed E-state index contributed by atoms with van der Waals surface area (Å²) in [5, 5.41) is 3.77. The van der Waals surface area contributed by atoms with E-state index < -0.39 is 10.8 Å². The van der Waals surface area contributed by atoms with E-state index in [4.69, 9.17) is 0 Å². The second kappa shape index (κ2) is 7.05. The number of hydrogen-bond donors (Lipinski definition) is 1. The minimum Gasteiger partial charge on any atom is -0.310 e. The van der Waals surface area contributed by atoms with Gasteiger partial charge in [0.25, 0.3) is 0 Å². The van der Waals surface area contributed by atoms with Crippen LogP contribution in [-0.4, -0.2) is 22.3 Å². The first kappa shape index (κ1) is 15.4. The first-order chi connectivity index (χ1) is 8.40. The molecule has 0 aliphatic carbocycles. The molecule has 3 atom stereocenters. The van der Waals surface area contributed by atoms with Crippen molar-refractivity contribution in [2.45, 2.75) is 45.4 Å². The van der Waals surface area contributed by atoms with Crippen molar-refractivity contribution in [2.24, 2.45) is 0 Å². The van der Waals surface area contributed by atoms with Crippen molar-refractivity contribution in [1.29, 1.82) is 0 Å². The number of benzene rings is 1. The van der Waals surface area contributed by atoms with Gasteiger partial charge in [-0.2, -0.15) is 0 Å². The van der Waals surface area contributed by atoms with Gasteiger partial charge in [0.1, 0.15) is 0 Å². The molecule has 18 heavy (non-hydrogen) atoms. The molecule has 0 fully saturated rings. The van der Waals surface area contributed by atoms with Crippen LogP contribution < -0.4 is 5.32 Å². The van der Waals surface area contributed by atoms with E-state index in [9.17, 15) is 4.21 Å². The van der Waals surface area contributed by atoms with Gasteiger partial charge in [0.15, 0.2) is 0 Å². The van der Waals surface area contributed by atoms with Crippen molar-refractivity contribution in [3.05, 3.63) is 34.9 Å². The minimum absolute atomic E-state index is 0.268. The maximum Gasteiger partial charge on any atom is 0.0329 e. The second-order valence-electron chi connectivity index (χ2n) is 5.19. The van der Waals surface area contributed by atoms with Crippen LogP contribution in [0.4, 0.5) is 0 Å². The van der Waals surface area contributed by atoms with Gasteiger partial charge in [0, 0.05) is 28.3 Å². The lowest BCUT2D eigenvalue weighted by atomic mass is 10.0. The average molecular weight is 267 g/mol. The zero-order valence-electron chi connectivity index (χ0n) is 12.1. The summed E-state index contributed by atoms with van der Waals surface area (Å²) in [6.45, 7) is 9.40. The lowest BCUT2D eigenvalue weighted by molar-refractivity contribution is 0.553. The topological polar surface area (TPSA) is 29.1 Å². The third-order valence-corrected chi connectivity index (χ3v) is 4.68. The van der Waals surface area contributed by atoms with Crippen LogP contribution in [0.15, 0.2) is 18.2 Å². The van der Waals surface area contributed by atoms with Gasteiger partial charge >= 0.3 is 0 Å². The summed E-state index contributed by atoms with van der Waals surface area (Å²) in [4.78, 5) is 0. The van der Waals surface area contributed by atoms with Gasteiger partial charge < -0.3 is 5.32 Å². The molecule has 0 heterocycles. The Kier molecular flexibility index (Phi) is 6.03. The Labute approximate surface area is 114 Å². The molecule has 0 saturated heterocycles. The Morgan fingerprint density at radius 1 is 1.17 bits per heavy atom. The fraction of sp³-hybridized carbons (Fsp3) is 0.600. The van der Waals surface area contributed by atoms with E-state index in [1.807, 2.05) is 6.92 Å². The molecule has 3 unspecified atom stereocenters. The van der Waals surface area contributed by atoms with Crippen LogP contribution in [0.1, 0.15) is 43.0 Å². The molecule has 3 heteroatoms. The zero-order valence-corrected chi connectivity index (χ0v) is 12.9. The van der Waals surface area contributed by atoms with E-state index in [0.29, 0.717) is 6.04 Å². The van der Waals surface area contributed by atoms with Crippen LogP contribution in [0.2, 0.25) is 0 Å². The van der Waals surface area contributed by atoms with Crippen LogP contribution >= 0.6 is 0 Å². The largest absolute Gasteiger partial charge is 0.310 e. The van der Waals surface area contributed by atoms with E-state index >= 15 is 0 Å². The zero-order chi connectivity index (χ0) is 13.7. The molecule has 0 saturated carbocycles. The van der Waals surface area contributed by atoms with Gasteiger partial charge in [-0.1, -0.05) is 36.2 Å². The summed E-state index contributed by atoms with van der Waals surface area (Å²) in [5.74, 6) is 0. The first-order valence-corrected chi connectivity index (χ1v) is 8.16. The number of rotatable bonds is 6. The van der Waals surface area contributed by atoms with Crippen molar-refractivity contribution >= 4 is 10.8 Å². The molecule has 0 aromatic heterocycles. The number of aryl methyl sites for hydroxylation is 2. The van der Waals surface area contributed by atoms with E-state index in [0.717, 1.165) is 13.0 Å². The maximum absolute atomic E-state index is 11.3. The summed E-state index contributed by atoms with van der Waals surface area (Å²) < 4.78 is 11.3. The van der Waals surface area contributed by atoms with Gasteiger partial charge in [-0.15, -0.1) is 0 Å². The predicted octanol–water partition coefficient (Wildman–Crippen LogP) is 3.11. The van der Waals surface area contributed by atoms with E-state index in [1.165, 1.54) is 16.7 Å². The average Bonchev–Trinajstić information content (AvgIpc) is 2.27. The van der Waals surface area contributed by atoms with Gasteiger partial charge in [-0.25, -0.2) is 0 Å². The molecule has 0 aliphatic rings. The van der Waals surface area contributed by atoms with Crippen molar-refractivity contribution in [2.75, 3.05) is 12.8 Å². The van der Waals surface area contributed by atoms with Crippen LogP contribution in [0.5, 0.6) is 0 Å².